The summed E-state index contributed by atoms with van der Waals surface area (Å²) in [6, 6.07) is 0. The standard InChI is InChI=1S/C8H16.B/c1-7-3-5-8(2)6-4-7;/h7-8H,3-6H2,1-2H3;. The Bertz CT molecular complexity index is 53.0. The Balaban J connectivity index is 0.000000640. The molecule has 1 aliphatic rings. The lowest BCUT2D eigenvalue weighted by atomic mass is 9.84. The van der Waals surface area contributed by atoms with Crippen molar-refractivity contribution in [3.05, 3.63) is 0 Å². The maximum atomic E-state index is 2.37. The lowest BCUT2D eigenvalue weighted by Gasteiger charge is -2.22. The van der Waals surface area contributed by atoms with Crippen molar-refractivity contribution in [1.82, 2.24) is 0 Å². The van der Waals surface area contributed by atoms with Gasteiger partial charge in [0, 0.05) is 8.41 Å². The molecule has 0 amide bonds. The highest BCUT2D eigenvalue weighted by Gasteiger charge is 2.13. The molecule has 0 aromatic rings. The Hall–Kier alpha value is 0.0649. The van der Waals surface area contributed by atoms with Gasteiger partial charge in [-0.1, -0.05) is 39.5 Å². The number of hydrogen-bond acceptors (Lipinski definition) is 0. The Kier molecular flexibility index (Phi) is 4.00. The molecule has 1 heteroatoms. The third kappa shape index (κ3) is 2.93. The van der Waals surface area contributed by atoms with Crippen molar-refractivity contribution in [2.45, 2.75) is 39.5 Å². The van der Waals surface area contributed by atoms with Crippen LogP contribution >= 0.6 is 0 Å². The lowest BCUT2D eigenvalue weighted by molar-refractivity contribution is 0.308. The van der Waals surface area contributed by atoms with E-state index in [0.29, 0.717) is 0 Å². The third-order valence-electron chi connectivity index (χ3n) is 2.30. The normalized spacial score (nSPS) is 35.3. The molecule has 3 radical (unpaired) electrons. The summed E-state index contributed by atoms with van der Waals surface area (Å²) in [5.41, 5.74) is 0. The van der Waals surface area contributed by atoms with Crippen LogP contribution in [0.4, 0.5) is 0 Å². The Morgan fingerprint density at radius 2 is 1.00 bits per heavy atom. The van der Waals surface area contributed by atoms with Gasteiger partial charge in [0.15, 0.2) is 0 Å². The van der Waals surface area contributed by atoms with Crippen molar-refractivity contribution >= 4 is 8.41 Å². The van der Waals surface area contributed by atoms with Gasteiger partial charge in [0.25, 0.3) is 0 Å². The first kappa shape index (κ1) is 9.06. The van der Waals surface area contributed by atoms with E-state index in [1.54, 1.807) is 0 Å². The summed E-state index contributed by atoms with van der Waals surface area (Å²) >= 11 is 0. The van der Waals surface area contributed by atoms with Gasteiger partial charge in [-0.25, -0.2) is 0 Å². The van der Waals surface area contributed by atoms with E-state index < -0.39 is 0 Å². The zero-order valence-electron chi connectivity index (χ0n) is 6.56. The van der Waals surface area contributed by atoms with E-state index in [4.69, 9.17) is 0 Å². The predicted octanol–water partition coefficient (Wildman–Crippen LogP) is 2.45. The Morgan fingerprint density at radius 1 is 0.778 bits per heavy atom. The minimum atomic E-state index is 0. The summed E-state index contributed by atoms with van der Waals surface area (Å²) in [5.74, 6) is 2.04. The fourth-order valence-corrected chi connectivity index (χ4v) is 1.43. The van der Waals surface area contributed by atoms with E-state index in [1.165, 1.54) is 25.7 Å². The van der Waals surface area contributed by atoms with Crippen molar-refractivity contribution in [2.24, 2.45) is 11.8 Å². The van der Waals surface area contributed by atoms with Crippen molar-refractivity contribution in [3.8, 4) is 0 Å². The van der Waals surface area contributed by atoms with Crippen molar-refractivity contribution < 1.29 is 0 Å². The number of rotatable bonds is 0. The van der Waals surface area contributed by atoms with E-state index in [-0.39, 0.29) is 8.41 Å². The Morgan fingerprint density at radius 3 is 1.22 bits per heavy atom. The van der Waals surface area contributed by atoms with E-state index in [9.17, 15) is 0 Å². The molecule has 0 aliphatic heterocycles. The third-order valence-corrected chi connectivity index (χ3v) is 2.30. The zero-order valence-corrected chi connectivity index (χ0v) is 6.56. The average Bonchev–Trinajstić information content (AvgIpc) is 1.77. The van der Waals surface area contributed by atoms with Crippen LogP contribution in [0.3, 0.4) is 0 Å². The van der Waals surface area contributed by atoms with Crippen LogP contribution in [0.5, 0.6) is 0 Å². The molecule has 0 atom stereocenters. The van der Waals surface area contributed by atoms with Gasteiger partial charge in [-0.15, -0.1) is 0 Å². The summed E-state index contributed by atoms with van der Waals surface area (Å²) in [6.07, 6.45) is 5.89. The zero-order chi connectivity index (χ0) is 5.98. The quantitative estimate of drug-likeness (QED) is 0.434. The van der Waals surface area contributed by atoms with Crippen LogP contribution in [0.1, 0.15) is 39.5 Å². The van der Waals surface area contributed by atoms with Crippen molar-refractivity contribution in [1.29, 1.82) is 0 Å². The highest BCUT2D eigenvalue weighted by molar-refractivity contribution is 5.75. The fourth-order valence-electron chi connectivity index (χ4n) is 1.43. The molecule has 9 heavy (non-hydrogen) atoms. The van der Waals surface area contributed by atoms with Crippen molar-refractivity contribution in [3.63, 3.8) is 0 Å². The lowest BCUT2D eigenvalue weighted by Crippen LogP contribution is -2.08. The summed E-state index contributed by atoms with van der Waals surface area (Å²) in [4.78, 5) is 0. The predicted molar refractivity (Wildman–Crippen MR) is 42.6 cm³/mol. The molecule has 0 bridgehead atoms. The first-order valence-electron chi connectivity index (χ1n) is 3.79. The maximum absolute atomic E-state index is 2.37. The van der Waals surface area contributed by atoms with Crippen LogP contribution in [0.2, 0.25) is 0 Å². The van der Waals surface area contributed by atoms with E-state index in [2.05, 4.69) is 13.8 Å². The molecule has 1 fully saturated rings. The highest BCUT2D eigenvalue weighted by Crippen LogP contribution is 2.27. The maximum Gasteiger partial charge on any atom is 0 e. The van der Waals surface area contributed by atoms with Gasteiger partial charge in [-0.2, -0.15) is 0 Å². The van der Waals surface area contributed by atoms with Gasteiger partial charge in [-0.05, 0) is 11.8 Å². The molecule has 0 unspecified atom stereocenters. The summed E-state index contributed by atoms with van der Waals surface area (Å²) in [5, 5.41) is 0. The molecule has 51 valence electrons. The molecular weight excluding hydrogens is 107 g/mol. The first-order valence-corrected chi connectivity index (χ1v) is 3.79. The largest absolute Gasteiger partial charge is 0.0625 e. The van der Waals surface area contributed by atoms with Gasteiger partial charge in [-0.3, -0.25) is 0 Å². The van der Waals surface area contributed by atoms with Gasteiger partial charge >= 0.3 is 0 Å². The minimum absolute atomic E-state index is 0. The summed E-state index contributed by atoms with van der Waals surface area (Å²) in [7, 11) is 0. The van der Waals surface area contributed by atoms with Gasteiger partial charge < -0.3 is 0 Å². The highest BCUT2D eigenvalue weighted by atomic mass is 14.2. The van der Waals surface area contributed by atoms with Crippen LogP contribution < -0.4 is 0 Å². The molecule has 0 nitrogen and oxygen atoms in total. The molecule has 0 heterocycles. The van der Waals surface area contributed by atoms with Crippen molar-refractivity contribution in [2.75, 3.05) is 0 Å². The Labute approximate surface area is 60.6 Å². The minimum Gasteiger partial charge on any atom is -0.0625 e. The summed E-state index contributed by atoms with van der Waals surface area (Å²) < 4.78 is 0. The summed E-state index contributed by atoms with van der Waals surface area (Å²) in [6.45, 7) is 4.73. The molecule has 1 saturated carbocycles. The van der Waals surface area contributed by atoms with Crippen LogP contribution in [0.15, 0.2) is 0 Å². The molecule has 1 rings (SSSR count). The van der Waals surface area contributed by atoms with Gasteiger partial charge in [0.2, 0.25) is 0 Å². The first-order chi connectivity index (χ1) is 3.79. The smallest absolute Gasteiger partial charge is 0 e. The van der Waals surface area contributed by atoms with Crippen LogP contribution in [0.25, 0.3) is 0 Å². The topological polar surface area (TPSA) is 0 Å². The SMILES string of the molecule is CC1CCC(C)CC1.[B]. The molecule has 1 aliphatic carbocycles. The van der Waals surface area contributed by atoms with Crippen LogP contribution in [-0.4, -0.2) is 8.41 Å². The molecule has 0 aromatic carbocycles. The molecule has 0 N–H and O–H groups in total. The molecule has 0 spiro atoms. The molecular formula is C8H16B. The fraction of sp³-hybridized carbons (Fsp3) is 1.00. The second-order valence-corrected chi connectivity index (χ2v) is 3.37. The van der Waals surface area contributed by atoms with Gasteiger partial charge in [0.1, 0.15) is 0 Å². The average molecular weight is 123 g/mol. The van der Waals surface area contributed by atoms with E-state index >= 15 is 0 Å². The van der Waals surface area contributed by atoms with E-state index in [0.717, 1.165) is 11.8 Å². The molecule has 0 saturated heterocycles. The second-order valence-electron chi connectivity index (χ2n) is 3.37. The van der Waals surface area contributed by atoms with E-state index in [1.807, 2.05) is 0 Å². The van der Waals surface area contributed by atoms with Crippen LogP contribution in [-0.2, 0) is 0 Å². The van der Waals surface area contributed by atoms with Crippen LogP contribution in [0, 0.1) is 11.8 Å². The molecule has 0 aromatic heterocycles. The second kappa shape index (κ2) is 3.97. The van der Waals surface area contributed by atoms with Gasteiger partial charge in [0.05, 0.1) is 0 Å². The number of hydrogen-bond donors (Lipinski definition) is 0. The monoisotopic (exact) mass is 123 g/mol.